The van der Waals surface area contributed by atoms with Crippen LogP contribution in [0.5, 0.6) is 5.75 Å². The number of ketones is 1. The van der Waals surface area contributed by atoms with Gasteiger partial charge in [0, 0.05) is 10.6 Å². The van der Waals surface area contributed by atoms with Crippen LogP contribution in [0.15, 0.2) is 48.5 Å². The molecule has 0 saturated carbocycles. The zero-order valence-electron chi connectivity index (χ0n) is 10.7. The number of carbonyl (C=O) groups is 1. The minimum atomic E-state index is -4.39. The lowest BCUT2D eigenvalue weighted by molar-refractivity contribution is -0.137. The summed E-state index contributed by atoms with van der Waals surface area (Å²) in [5.41, 5.74) is -0.384. The highest BCUT2D eigenvalue weighted by molar-refractivity contribution is 6.31. The molecule has 2 rings (SSSR count). The Morgan fingerprint density at radius 2 is 1.76 bits per heavy atom. The summed E-state index contributed by atoms with van der Waals surface area (Å²) in [6, 6.07) is 10.5. The van der Waals surface area contributed by atoms with E-state index in [9.17, 15) is 18.0 Å². The first kappa shape index (κ1) is 15.4. The van der Waals surface area contributed by atoms with E-state index in [4.69, 9.17) is 16.3 Å². The SMILES string of the molecule is O=C(COc1ccc(C(F)(F)F)cc1)c1cccc(Cl)c1. The number of ether oxygens (including phenoxy) is 1. The van der Waals surface area contributed by atoms with Crippen LogP contribution in [0.25, 0.3) is 0 Å². The van der Waals surface area contributed by atoms with Crippen molar-refractivity contribution in [2.24, 2.45) is 0 Å². The van der Waals surface area contributed by atoms with Crippen LogP contribution >= 0.6 is 11.6 Å². The molecule has 0 N–H and O–H groups in total. The van der Waals surface area contributed by atoms with Gasteiger partial charge < -0.3 is 4.74 Å². The third-order valence-corrected chi connectivity index (χ3v) is 2.93. The van der Waals surface area contributed by atoms with E-state index in [-0.39, 0.29) is 18.1 Å². The van der Waals surface area contributed by atoms with E-state index in [1.165, 1.54) is 18.2 Å². The predicted octanol–water partition coefficient (Wildman–Crippen LogP) is 4.62. The van der Waals surface area contributed by atoms with Gasteiger partial charge in [-0.25, -0.2) is 0 Å². The molecule has 0 aliphatic rings. The zero-order valence-corrected chi connectivity index (χ0v) is 11.4. The van der Waals surface area contributed by atoms with Gasteiger partial charge in [-0.1, -0.05) is 23.7 Å². The van der Waals surface area contributed by atoms with Crippen molar-refractivity contribution < 1.29 is 22.7 Å². The number of rotatable bonds is 4. The van der Waals surface area contributed by atoms with Gasteiger partial charge in [0.05, 0.1) is 5.56 Å². The molecule has 0 bridgehead atoms. The molecule has 0 heterocycles. The zero-order chi connectivity index (χ0) is 15.5. The molecule has 6 heteroatoms. The van der Waals surface area contributed by atoms with Crippen LogP contribution in [0.4, 0.5) is 13.2 Å². The second kappa shape index (κ2) is 6.18. The van der Waals surface area contributed by atoms with E-state index in [1.807, 2.05) is 0 Å². The fourth-order valence-corrected chi connectivity index (χ4v) is 1.82. The number of hydrogen-bond acceptors (Lipinski definition) is 2. The van der Waals surface area contributed by atoms with Crippen LogP contribution in [0, 0.1) is 0 Å². The van der Waals surface area contributed by atoms with Gasteiger partial charge in [0.1, 0.15) is 5.75 Å². The molecule has 2 nitrogen and oxygen atoms in total. The topological polar surface area (TPSA) is 26.3 Å². The number of benzene rings is 2. The average molecular weight is 315 g/mol. The molecule has 0 aromatic heterocycles. The molecule has 0 aliphatic heterocycles. The highest BCUT2D eigenvalue weighted by Gasteiger charge is 2.30. The molecule has 0 unspecified atom stereocenters. The molecule has 0 amide bonds. The van der Waals surface area contributed by atoms with Gasteiger partial charge in [-0.15, -0.1) is 0 Å². The average Bonchev–Trinajstić information content (AvgIpc) is 2.44. The molecule has 0 spiro atoms. The Hall–Kier alpha value is -2.01. The maximum Gasteiger partial charge on any atom is 0.416 e. The Morgan fingerprint density at radius 3 is 2.33 bits per heavy atom. The first-order valence-corrected chi connectivity index (χ1v) is 6.33. The summed E-state index contributed by atoms with van der Waals surface area (Å²) in [5, 5.41) is 0.426. The van der Waals surface area contributed by atoms with E-state index in [2.05, 4.69) is 0 Å². The molecule has 2 aromatic rings. The van der Waals surface area contributed by atoms with Crippen LogP contribution < -0.4 is 4.74 Å². The van der Waals surface area contributed by atoms with E-state index in [0.29, 0.717) is 10.6 Å². The molecule has 2 aromatic carbocycles. The quantitative estimate of drug-likeness (QED) is 0.770. The lowest BCUT2D eigenvalue weighted by Crippen LogP contribution is -2.11. The molecule has 21 heavy (non-hydrogen) atoms. The van der Waals surface area contributed by atoms with E-state index in [0.717, 1.165) is 12.1 Å². The van der Waals surface area contributed by atoms with Gasteiger partial charge >= 0.3 is 6.18 Å². The van der Waals surface area contributed by atoms with Gasteiger partial charge in [0.15, 0.2) is 12.4 Å². The molecular formula is C15H10ClF3O2. The minimum Gasteiger partial charge on any atom is -0.485 e. The number of halogens is 4. The molecule has 0 saturated heterocycles. The fourth-order valence-electron chi connectivity index (χ4n) is 1.63. The smallest absolute Gasteiger partial charge is 0.416 e. The summed E-state index contributed by atoms with van der Waals surface area (Å²) in [5.74, 6) is -0.115. The summed E-state index contributed by atoms with van der Waals surface area (Å²) in [4.78, 5) is 11.8. The first-order chi connectivity index (χ1) is 9.86. The van der Waals surface area contributed by atoms with Crippen molar-refractivity contribution in [1.29, 1.82) is 0 Å². The number of hydrogen-bond donors (Lipinski definition) is 0. The van der Waals surface area contributed by atoms with E-state index < -0.39 is 11.7 Å². The summed E-state index contributed by atoms with van der Waals surface area (Å²) in [7, 11) is 0. The summed E-state index contributed by atoms with van der Waals surface area (Å²) < 4.78 is 42.3. The molecule has 0 radical (unpaired) electrons. The highest BCUT2D eigenvalue weighted by atomic mass is 35.5. The number of alkyl halides is 3. The van der Waals surface area contributed by atoms with Crippen molar-refractivity contribution in [3.8, 4) is 5.75 Å². The largest absolute Gasteiger partial charge is 0.485 e. The van der Waals surface area contributed by atoms with Crippen LogP contribution in [0.3, 0.4) is 0 Å². The fraction of sp³-hybridized carbons (Fsp3) is 0.133. The lowest BCUT2D eigenvalue weighted by atomic mass is 10.1. The van der Waals surface area contributed by atoms with Gasteiger partial charge in [-0.3, -0.25) is 4.79 Å². The van der Waals surface area contributed by atoms with E-state index in [1.54, 1.807) is 18.2 Å². The number of Topliss-reactive ketones (excluding diaryl/α,β-unsaturated/α-hetero) is 1. The summed E-state index contributed by atoms with van der Waals surface area (Å²) >= 11 is 5.77. The Bertz CT molecular complexity index is 636. The van der Waals surface area contributed by atoms with Crippen LogP contribution in [0.2, 0.25) is 5.02 Å². The standard InChI is InChI=1S/C15H10ClF3O2/c16-12-3-1-2-10(8-12)14(20)9-21-13-6-4-11(5-7-13)15(17,18)19/h1-8H,9H2. The second-order valence-corrected chi connectivity index (χ2v) is 4.68. The van der Waals surface area contributed by atoms with Gasteiger partial charge in [-0.2, -0.15) is 13.2 Å². The van der Waals surface area contributed by atoms with Crippen molar-refractivity contribution in [2.45, 2.75) is 6.18 Å². The maximum absolute atomic E-state index is 12.4. The molecule has 0 atom stereocenters. The Labute approximate surface area is 124 Å². The Balaban J connectivity index is 1.98. The van der Waals surface area contributed by atoms with E-state index >= 15 is 0 Å². The van der Waals surface area contributed by atoms with Crippen LogP contribution in [0.1, 0.15) is 15.9 Å². The predicted molar refractivity (Wildman–Crippen MR) is 72.7 cm³/mol. The first-order valence-electron chi connectivity index (χ1n) is 5.95. The second-order valence-electron chi connectivity index (χ2n) is 4.24. The minimum absolute atomic E-state index is 0.193. The van der Waals surface area contributed by atoms with Crippen molar-refractivity contribution in [3.05, 3.63) is 64.7 Å². The third-order valence-electron chi connectivity index (χ3n) is 2.70. The van der Waals surface area contributed by atoms with Crippen molar-refractivity contribution in [1.82, 2.24) is 0 Å². The lowest BCUT2D eigenvalue weighted by Gasteiger charge is -2.09. The van der Waals surface area contributed by atoms with Crippen molar-refractivity contribution >= 4 is 17.4 Å². The molecular weight excluding hydrogens is 305 g/mol. The number of carbonyl (C=O) groups excluding carboxylic acids is 1. The normalized spacial score (nSPS) is 11.2. The van der Waals surface area contributed by atoms with Crippen molar-refractivity contribution in [2.75, 3.05) is 6.61 Å². The van der Waals surface area contributed by atoms with Crippen LogP contribution in [-0.2, 0) is 6.18 Å². The van der Waals surface area contributed by atoms with Crippen molar-refractivity contribution in [3.63, 3.8) is 0 Å². The third kappa shape index (κ3) is 4.23. The summed E-state index contributed by atoms with van der Waals surface area (Å²) in [6.07, 6.45) is -4.39. The molecule has 110 valence electrons. The van der Waals surface area contributed by atoms with Gasteiger partial charge in [0.2, 0.25) is 0 Å². The van der Waals surface area contributed by atoms with Gasteiger partial charge in [0.25, 0.3) is 0 Å². The van der Waals surface area contributed by atoms with Gasteiger partial charge in [-0.05, 0) is 36.4 Å². The Kier molecular flexibility index (Phi) is 4.53. The summed E-state index contributed by atoms with van der Waals surface area (Å²) in [6.45, 7) is -0.272. The molecule has 0 fully saturated rings. The van der Waals surface area contributed by atoms with Crippen LogP contribution in [-0.4, -0.2) is 12.4 Å². The Morgan fingerprint density at radius 1 is 1.10 bits per heavy atom. The molecule has 0 aliphatic carbocycles. The maximum atomic E-state index is 12.4. The monoisotopic (exact) mass is 314 g/mol. The highest BCUT2D eigenvalue weighted by Crippen LogP contribution is 2.30.